The highest BCUT2D eigenvalue weighted by molar-refractivity contribution is 5.99. The molecule has 6 heteroatoms. The molecule has 0 aromatic heterocycles. The average molecular weight is 314 g/mol. The van der Waals surface area contributed by atoms with Crippen molar-refractivity contribution in [1.29, 1.82) is 0 Å². The molecule has 0 unspecified atom stereocenters. The maximum Gasteiger partial charge on any atom is 0.267 e. The van der Waals surface area contributed by atoms with E-state index in [1.807, 2.05) is 0 Å². The molecular weight excluding hydrogens is 299 g/mol. The SMILES string of the molecule is CC(=O)N1C[C@H](C(=O)Nc2ccc(F)cc2)Oc2ccccc21. The molecule has 118 valence electrons. The molecule has 0 spiro atoms. The lowest BCUT2D eigenvalue weighted by atomic mass is 10.1. The van der Waals surface area contributed by atoms with E-state index in [1.165, 1.54) is 36.1 Å². The van der Waals surface area contributed by atoms with Crippen LogP contribution in [0.3, 0.4) is 0 Å². The minimum absolute atomic E-state index is 0.124. The first-order valence-corrected chi connectivity index (χ1v) is 7.15. The summed E-state index contributed by atoms with van der Waals surface area (Å²) in [7, 11) is 0. The molecule has 1 aliphatic rings. The lowest BCUT2D eigenvalue weighted by molar-refractivity contribution is -0.123. The molecule has 0 saturated carbocycles. The largest absolute Gasteiger partial charge is 0.476 e. The van der Waals surface area contributed by atoms with Crippen molar-refractivity contribution in [2.45, 2.75) is 13.0 Å². The molecule has 0 aliphatic carbocycles. The fourth-order valence-corrected chi connectivity index (χ4v) is 2.43. The maximum absolute atomic E-state index is 12.9. The van der Waals surface area contributed by atoms with Crippen LogP contribution in [0.1, 0.15) is 6.92 Å². The lowest BCUT2D eigenvalue weighted by Gasteiger charge is -2.33. The van der Waals surface area contributed by atoms with E-state index in [2.05, 4.69) is 5.32 Å². The predicted molar refractivity (Wildman–Crippen MR) is 83.9 cm³/mol. The van der Waals surface area contributed by atoms with E-state index in [-0.39, 0.29) is 18.3 Å². The molecule has 1 heterocycles. The maximum atomic E-state index is 12.9. The second-order valence-electron chi connectivity index (χ2n) is 5.20. The number of hydrogen-bond donors (Lipinski definition) is 1. The van der Waals surface area contributed by atoms with Crippen LogP contribution in [0.15, 0.2) is 48.5 Å². The van der Waals surface area contributed by atoms with Crippen LogP contribution >= 0.6 is 0 Å². The first-order valence-electron chi connectivity index (χ1n) is 7.15. The summed E-state index contributed by atoms with van der Waals surface area (Å²) in [4.78, 5) is 25.7. The van der Waals surface area contributed by atoms with Crippen molar-refractivity contribution in [2.24, 2.45) is 0 Å². The first kappa shape index (κ1) is 15.0. The molecule has 1 atom stereocenters. The molecule has 5 nitrogen and oxygen atoms in total. The van der Waals surface area contributed by atoms with Crippen LogP contribution in [0.2, 0.25) is 0 Å². The second-order valence-corrected chi connectivity index (χ2v) is 5.20. The third-order valence-electron chi connectivity index (χ3n) is 3.56. The quantitative estimate of drug-likeness (QED) is 0.927. The van der Waals surface area contributed by atoms with Crippen LogP contribution in [0.4, 0.5) is 15.8 Å². The van der Waals surface area contributed by atoms with E-state index in [1.54, 1.807) is 24.3 Å². The van der Waals surface area contributed by atoms with Gasteiger partial charge < -0.3 is 15.0 Å². The Hall–Kier alpha value is -2.89. The van der Waals surface area contributed by atoms with E-state index in [0.717, 1.165) is 0 Å². The molecule has 2 amide bonds. The summed E-state index contributed by atoms with van der Waals surface area (Å²) in [5, 5.41) is 2.66. The molecule has 0 fully saturated rings. The smallest absolute Gasteiger partial charge is 0.267 e. The van der Waals surface area contributed by atoms with Crippen molar-refractivity contribution in [3.8, 4) is 5.75 Å². The number of hydrogen-bond acceptors (Lipinski definition) is 3. The third kappa shape index (κ3) is 3.15. The zero-order valence-electron chi connectivity index (χ0n) is 12.5. The minimum Gasteiger partial charge on any atom is -0.476 e. The van der Waals surface area contributed by atoms with E-state index in [9.17, 15) is 14.0 Å². The van der Waals surface area contributed by atoms with Crippen LogP contribution in [0.25, 0.3) is 0 Å². The topological polar surface area (TPSA) is 58.6 Å². The van der Waals surface area contributed by atoms with Crippen molar-refractivity contribution in [1.82, 2.24) is 0 Å². The van der Waals surface area contributed by atoms with Gasteiger partial charge in [-0.3, -0.25) is 9.59 Å². The van der Waals surface area contributed by atoms with Gasteiger partial charge in [0.25, 0.3) is 5.91 Å². The first-order chi connectivity index (χ1) is 11.0. The fraction of sp³-hybridized carbons (Fsp3) is 0.176. The van der Waals surface area contributed by atoms with E-state index < -0.39 is 12.0 Å². The van der Waals surface area contributed by atoms with E-state index in [0.29, 0.717) is 17.1 Å². The summed E-state index contributed by atoms with van der Waals surface area (Å²) < 4.78 is 18.6. The summed E-state index contributed by atoms with van der Waals surface area (Å²) in [6.07, 6.45) is -0.834. The summed E-state index contributed by atoms with van der Waals surface area (Å²) in [6.45, 7) is 1.57. The molecule has 0 radical (unpaired) electrons. The van der Waals surface area contributed by atoms with Gasteiger partial charge in [0.1, 0.15) is 11.6 Å². The Balaban J connectivity index is 1.79. The van der Waals surface area contributed by atoms with Crippen LogP contribution < -0.4 is 15.0 Å². The van der Waals surface area contributed by atoms with Gasteiger partial charge in [0, 0.05) is 12.6 Å². The highest BCUT2D eigenvalue weighted by Gasteiger charge is 2.32. The molecule has 2 aromatic rings. The van der Waals surface area contributed by atoms with Gasteiger partial charge in [0.05, 0.1) is 12.2 Å². The molecular formula is C17H15FN2O3. The van der Waals surface area contributed by atoms with Crippen molar-refractivity contribution < 1.29 is 18.7 Å². The van der Waals surface area contributed by atoms with Crippen molar-refractivity contribution in [2.75, 3.05) is 16.8 Å². The standard InChI is InChI=1S/C17H15FN2O3/c1-11(21)20-10-16(23-15-5-3-2-4-14(15)20)17(22)19-13-8-6-12(18)7-9-13/h2-9,16H,10H2,1H3,(H,19,22)/t16-/m1/s1. The molecule has 2 aromatic carbocycles. The average Bonchev–Trinajstić information content (AvgIpc) is 2.55. The van der Waals surface area contributed by atoms with E-state index >= 15 is 0 Å². The Morgan fingerprint density at radius 3 is 2.57 bits per heavy atom. The second kappa shape index (κ2) is 6.08. The number of halogens is 1. The van der Waals surface area contributed by atoms with Crippen LogP contribution in [-0.2, 0) is 9.59 Å². The summed E-state index contributed by atoms with van der Waals surface area (Å²) in [5.74, 6) is -0.459. The van der Waals surface area contributed by atoms with Gasteiger partial charge >= 0.3 is 0 Å². The molecule has 1 aliphatic heterocycles. The van der Waals surface area contributed by atoms with Crippen LogP contribution in [0, 0.1) is 5.82 Å². The van der Waals surface area contributed by atoms with Gasteiger partial charge in [-0.05, 0) is 36.4 Å². The zero-order valence-corrected chi connectivity index (χ0v) is 12.5. The Labute approximate surface area is 132 Å². The Morgan fingerprint density at radius 1 is 1.17 bits per heavy atom. The van der Waals surface area contributed by atoms with E-state index in [4.69, 9.17) is 4.74 Å². The van der Waals surface area contributed by atoms with Crippen molar-refractivity contribution in [3.63, 3.8) is 0 Å². The number of amides is 2. The molecule has 1 N–H and O–H groups in total. The number of nitrogens with zero attached hydrogens (tertiary/aromatic N) is 1. The molecule has 0 saturated heterocycles. The predicted octanol–water partition coefficient (Wildman–Crippen LogP) is 2.58. The third-order valence-corrected chi connectivity index (χ3v) is 3.56. The number of nitrogens with one attached hydrogen (secondary N) is 1. The highest BCUT2D eigenvalue weighted by atomic mass is 19.1. The monoisotopic (exact) mass is 314 g/mol. The van der Waals surface area contributed by atoms with Gasteiger partial charge in [-0.1, -0.05) is 12.1 Å². The molecule has 23 heavy (non-hydrogen) atoms. The molecule has 0 bridgehead atoms. The van der Waals surface area contributed by atoms with Gasteiger partial charge in [0.2, 0.25) is 5.91 Å². The normalized spacial score (nSPS) is 16.3. The number of anilines is 2. The van der Waals surface area contributed by atoms with Gasteiger partial charge in [-0.25, -0.2) is 4.39 Å². The number of carbonyl (C=O) groups excluding carboxylic acids is 2. The zero-order chi connectivity index (χ0) is 16.4. The summed E-state index contributed by atoms with van der Waals surface area (Å²) >= 11 is 0. The van der Waals surface area contributed by atoms with Gasteiger partial charge in [0.15, 0.2) is 6.10 Å². The number of ether oxygens (including phenoxy) is 1. The van der Waals surface area contributed by atoms with Crippen molar-refractivity contribution in [3.05, 3.63) is 54.3 Å². The Kier molecular flexibility index (Phi) is 3.97. The lowest BCUT2D eigenvalue weighted by Crippen LogP contribution is -2.48. The minimum atomic E-state index is -0.834. The summed E-state index contributed by atoms with van der Waals surface area (Å²) in [5.41, 5.74) is 1.11. The van der Waals surface area contributed by atoms with Gasteiger partial charge in [-0.2, -0.15) is 0 Å². The number of benzene rings is 2. The summed E-state index contributed by atoms with van der Waals surface area (Å²) in [6, 6.07) is 12.5. The van der Waals surface area contributed by atoms with Gasteiger partial charge in [-0.15, -0.1) is 0 Å². The van der Waals surface area contributed by atoms with Crippen LogP contribution in [-0.4, -0.2) is 24.5 Å². The number of rotatable bonds is 2. The molecule has 3 rings (SSSR count). The highest BCUT2D eigenvalue weighted by Crippen LogP contribution is 2.33. The Morgan fingerprint density at radius 2 is 1.87 bits per heavy atom. The fourth-order valence-electron chi connectivity index (χ4n) is 2.43. The number of para-hydroxylation sites is 2. The Bertz CT molecular complexity index is 746. The number of fused-ring (bicyclic) bond motifs is 1. The van der Waals surface area contributed by atoms with Crippen LogP contribution in [0.5, 0.6) is 5.75 Å². The number of carbonyl (C=O) groups is 2. The van der Waals surface area contributed by atoms with Crippen molar-refractivity contribution >= 4 is 23.2 Å².